The molecular formula is C14H16N2O2. The molecular weight excluding hydrogens is 228 g/mol. The molecule has 0 aliphatic heterocycles. The second-order valence-corrected chi connectivity index (χ2v) is 5.44. The van der Waals surface area contributed by atoms with Crippen molar-refractivity contribution in [1.82, 2.24) is 9.38 Å². The molecule has 18 heavy (non-hydrogen) atoms. The minimum absolute atomic E-state index is 0.00410. The van der Waals surface area contributed by atoms with Crippen molar-refractivity contribution < 1.29 is 9.59 Å². The number of aromatic nitrogens is 2. The lowest BCUT2D eigenvalue weighted by molar-refractivity contribution is 0.0853. The van der Waals surface area contributed by atoms with E-state index in [1.807, 2.05) is 20.8 Å². The molecule has 0 saturated carbocycles. The highest BCUT2D eigenvalue weighted by Gasteiger charge is 2.25. The minimum atomic E-state index is -0.457. The number of pyridine rings is 1. The largest absolute Gasteiger partial charge is 0.306 e. The topological polar surface area (TPSA) is 51.4 Å². The Morgan fingerprint density at radius 1 is 1.17 bits per heavy atom. The Kier molecular flexibility index (Phi) is 2.81. The molecule has 94 valence electrons. The molecule has 2 rings (SSSR count). The zero-order valence-corrected chi connectivity index (χ0v) is 11.0. The summed E-state index contributed by atoms with van der Waals surface area (Å²) in [5.41, 5.74) is 1.26. The van der Waals surface area contributed by atoms with Crippen LogP contribution < -0.4 is 0 Å². The molecule has 0 aliphatic rings. The fraction of sp³-hybridized carbons (Fsp3) is 0.357. The highest BCUT2D eigenvalue weighted by molar-refractivity contribution is 5.99. The maximum absolute atomic E-state index is 12.1. The van der Waals surface area contributed by atoms with Crippen LogP contribution in [0.4, 0.5) is 0 Å². The Morgan fingerprint density at radius 2 is 1.83 bits per heavy atom. The predicted molar refractivity (Wildman–Crippen MR) is 69.0 cm³/mol. The average molecular weight is 244 g/mol. The number of imidazole rings is 1. The number of rotatable bonds is 2. The maximum Gasteiger partial charge on any atom is 0.188 e. The van der Waals surface area contributed by atoms with E-state index < -0.39 is 5.41 Å². The average Bonchev–Trinajstić information content (AvgIpc) is 2.68. The highest BCUT2D eigenvalue weighted by Crippen LogP contribution is 2.20. The number of carbonyl (C=O) groups excluding carboxylic acids is 2. The van der Waals surface area contributed by atoms with E-state index in [9.17, 15) is 9.59 Å². The first-order chi connectivity index (χ1) is 8.29. The lowest BCUT2D eigenvalue weighted by Crippen LogP contribution is -2.20. The number of ketones is 2. The molecule has 0 radical (unpaired) electrons. The number of Topliss-reactive ketones (excluding diaryl/α,β-unsaturated/α-hetero) is 2. The summed E-state index contributed by atoms with van der Waals surface area (Å²) in [5.74, 6) is -0.00938. The van der Waals surface area contributed by atoms with Crippen molar-refractivity contribution in [3.05, 3.63) is 35.8 Å². The van der Waals surface area contributed by atoms with E-state index in [-0.39, 0.29) is 11.6 Å². The molecule has 2 aromatic heterocycles. The van der Waals surface area contributed by atoms with Crippen molar-refractivity contribution in [3.63, 3.8) is 0 Å². The fourth-order valence-corrected chi connectivity index (χ4v) is 1.69. The summed E-state index contributed by atoms with van der Waals surface area (Å²) < 4.78 is 1.72. The summed E-state index contributed by atoms with van der Waals surface area (Å²) in [6.07, 6.45) is 3.37. The molecule has 2 heterocycles. The van der Waals surface area contributed by atoms with Crippen LogP contribution in [-0.4, -0.2) is 21.0 Å². The Balaban J connectivity index is 2.51. The zero-order valence-electron chi connectivity index (χ0n) is 11.0. The van der Waals surface area contributed by atoms with Gasteiger partial charge in [0, 0.05) is 23.4 Å². The number of hydrogen-bond donors (Lipinski definition) is 0. The van der Waals surface area contributed by atoms with Crippen LogP contribution in [0.15, 0.2) is 24.5 Å². The molecule has 2 aromatic rings. The molecule has 0 unspecified atom stereocenters. The van der Waals surface area contributed by atoms with Gasteiger partial charge in [-0.05, 0) is 19.1 Å². The normalized spacial score (nSPS) is 11.8. The molecule has 4 nitrogen and oxygen atoms in total. The molecule has 0 aliphatic carbocycles. The summed E-state index contributed by atoms with van der Waals surface area (Å²) >= 11 is 0. The first-order valence-electron chi connectivity index (χ1n) is 5.83. The van der Waals surface area contributed by atoms with Crippen molar-refractivity contribution in [2.45, 2.75) is 27.7 Å². The smallest absolute Gasteiger partial charge is 0.188 e. The first-order valence-corrected chi connectivity index (χ1v) is 5.83. The number of carbonyl (C=O) groups is 2. The molecule has 0 spiro atoms. The van der Waals surface area contributed by atoms with Gasteiger partial charge in [0.1, 0.15) is 11.3 Å². The fourth-order valence-electron chi connectivity index (χ4n) is 1.69. The van der Waals surface area contributed by atoms with Gasteiger partial charge in [0.2, 0.25) is 0 Å². The Hall–Kier alpha value is -1.97. The predicted octanol–water partition coefficient (Wildman–Crippen LogP) is 2.77. The van der Waals surface area contributed by atoms with E-state index in [4.69, 9.17) is 0 Å². The van der Waals surface area contributed by atoms with E-state index in [2.05, 4.69) is 4.98 Å². The quantitative estimate of drug-likeness (QED) is 0.763. The molecule has 0 N–H and O–H groups in total. The second kappa shape index (κ2) is 4.05. The minimum Gasteiger partial charge on any atom is -0.306 e. The molecule has 0 atom stereocenters. The van der Waals surface area contributed by atoms with Crippen LogP contribution in [0.2, 0.25) is 0 Å². The van der Waals surface area contributed by atoms with Gasteiger partial charge in [0.15, 0.2) is 11.6 Å². The number of hydrogen-bond acceptors (Lipinski definition) is 3. The van der Waals surface area contributed by atoms with Crippen molar-refractivity contribution in [1.29, 1.82) is 0 Å². The summed E-state index contributed by atoms with van der Waals surface area (Å²) in [5, 5.41) is 0. The Morgan fingerprint density at radius 3 is 2.39 bits per heavy atom. The monoisotopic (exact) mass is 244 g/mol. The van der Waals surface area contributed by atoms with Gasteiger partial charge < -0.3 is 4.40 Å². The first kappa shape index (κ1) is 12.5. The van der Waals surface area contributed by atoms with Gasteiger partial charge in [0.25, 0.3) is 0 Å². The zero-order chi connectivity index (χ0) is 13.5. The Labute approximate surface area is 106 Å². The van der Waals surface area contributed by atoms with Crippen LogP contribution in [0.5, 0.6) is 0 Å². The van der Waals surface area contributed by atoms with Gasteiger partial charge in [-0.2, -0.15) is 0 Å². The Bertz CT molecular complexity index is 633. The van der Waals surface area contributed by atoms with E-state index >= 15 is 0 Å². The standard InChI is InChI=1S/C14H16N2O2/c1-9(17)10-5-6-12-15-11(8-16(12)7-10)13(18)14(2,3)4/h5-8H,1-4H3. The van der Waals surface area contributed by atoms with E-state index in [1.54, 1.807) is 28.9 Å². The molecule has 0 saturated heterocycles. The van der Waals surface area contributed by atoms with Crippen LogP contribution in [0.1, 0.15) is 48.5 Å². The van der Waals surface area contributed by atoms with Crippen LogP contribution in [0.3, 0.4) is 0 Å². The van der Waals surface area contributed by atoms with Gasteiger partial charge in [-0.3, -0.25) is 9.59 Å². The lowest BCUT2D eigenvalue weighted by atomic mass is 9.89. The summed E-state index contributed by atoms with van der Waals surface area (Å²) in [6, 6.07) is 3.46. The van der Waals surface area contributed by atoms with Gasteiger partial charge >= 0.3 is 0 Å². The second-order valence-electron chi connectivity index (χ2n) is 5.44. The van der Waals surface area contributed by atoms with Crippen molar-refractivity contribution in [3.8, 4) is 0 Å². The van der Waals surface area contributed by atoms with Gasteiger partial charge in [-0.1, -0.05) is 20.8 Å². The molecule has 0 amide bonds. The third-order valence-electron chi connectivity index (χ3n) is 2.77. The molecule has 4 heteroatoms. The number of nitrogens with zero attached hydrogens (tertiary/aromatic N) is 2. The van der Waals surface area contributed by atoms with E-state index in [1.165, 1.54) is 6.92 Å². The maximum atomic E-state index is 12.1. The summed E-state index contributed by atoms with van der Waals surface area (Å²) in [6.45, 7) is 7.10. The molecule has 0 bridgehead atoms. The number of fused-ring (bicyclic) bond motifs is 1. The van der Waals surface area contributed by atoms with E-state index in [0.717, 1.165) is 0 Å². The van der Waals surface area contributed by atoms with Crippen LogP contribution >= 0.6 is 0 Å². The molecule has 0 fully saturated rings. The van der Waals surface area contributed by atoms with Gasteiger partial charge in [0.05, 0.1) is 0 Å². The van der Waals surface area contributed by atoms with Gasteiger partial charge in [-0.15, -0.1) is 0 Å². The molecule has 0 aromatic carbocycles. The van der Waals surface area contributed by atoms with Crippen molar-refractivity contribution in [2.75, 3.05) is 0 Å². The third-order valence-corrected chi connectivity index (χ3v) is 2.77. The van der Waals surface area contributed by atoms with Crippen molar-refractivity contribution >= 4 is 17.2 Å². The van der Waals surface area contributed by atoms with Crippen molar-refractivity contribution in [2.24, 2.45) is 5.41 Å². The summed E-state index contributed by atoms with van der Waals surface area (Å²) in [4.78, 5) is 27.7. The van der Waals surface area contributed by atoms with Crippen LogP contribution in [0.25, 0.3) is 5.65 Å². The van der Waals surface area contributed by atoms with E-state index in [0.29, 0.717) is 16.9 Å². The third kappa shape index (κ3) is 2.18. The van der Waals surface area contributed by atoms with Crippen LogP contribution in [-0.2, 0) is 0 Å². The highest BCUT2D eigenvalue weighted by atomic mass is 16.1. The lowest BCUT2D eigenvalue weighted by Gasteiger charge is -2.13. The summed E-state index contributed by atoms with van der Waals surface area (Å²) in [7, 11) is 0. The van der Waals surface area contributed by atoms with Gasteiger partial charge in [-0.25, -0.2) is 4.98 Å². The SMILES string of the molecule is CC(=O)c1ccc2nc(C(=O)C(C)(C)C)cn2c1. The van der Waals surface area contributed by atoms with Crippen LogP contribution in [0, 0.1) is 5.41 Å².